The van der Waals surface area contributed by atoms with Gasteiger partial charge in [0.2, 0.25) is 11.1 Å². The van der Waals surface area contributed by atoms with Gasteiger partial charge in [0.15, 0.2) is 0 Å². The Hall–Kier alpha value is -2.68. The molecular weight excluding hydrogens is 362 g/mol. The number of carbonyl (C=O) groups is 1. The van der Waals surface area contributed by atoms with Crippen molar-refractivity contribution < 1.29 is 4.79 Å². The summed E-state index contributed by atoms with van der Waals surface area (Å²) in [6.45, 7) is 9.86. The van der Waals surface area contributed by atoms with E-state index in [0.717, 1.165) is 22.8 Å². The van der Waals surface area contributed by atoms with E-state index in [9.17, 15) is 4.79 Å². The Balaban J connectivity index is 1.71. The van der Waals surface area contributed by atoms with Crippen molar-refractivity contribution in [2.75, 3.05) is 11.1 Å². The zero-order chi connectivity index (χ0) is 19.6. The van der Waals surface area contributed by atoms with E-state index in [-0.39, 0.29) is 17.2 Å². The lowest BCUT2D eigenvalue weighted by molar-refractivity contribution is -0.113. The Morgan fingerprint density at radius 3 is 2.56 bits per heavy atom. The Bertz CT molecular complexity index is 941. The highest BCUT2D eigenvalue weighted by molar-refractivity contribution is 7.99. The average Bonchev–Trinajstić information content (AvgIpc) is 3.21. The summed E-state index contributed by atoms with van der Waals surface area (Å²) >= 11 is 1.31. The first-order chi connectivity index (χ1) is 12.8. The topological polar surface area (TPSA) is 90.5 Å². The molecule has 0 unspecified atom stereocenters. The van der Waals surface area contributed by atoms with Crippen LogP contribution in [0.4, 0.5) is 5.69 Å². The van der Waals surface area contributed by atoms with Gasteiger partial charge >= 0.3 is 0 Å². The molecule has 0 fully saturated rings. The molecule has 27 heavy (non-hydrogen) atoms. The van der Waals surface area contributed by atoms with Crippen LogP contribution in [0.3, 0.4) is 0 Å². The monoisotopic (exact) mass is 385 g/mol. The van der Waals surface area contributed by atoms with E-state index in [1.807, 2.05) is 69.6 Å². The summed E-state index contributed by atoms with van der Waals surface area (Å²) < 4.78 is 3.55. The minimum atomic E-state index is -0.244. The number of carbonyl (C=O) groups excluding carboxylic acids is 1. The minimum absolute atomic E-state index is 0.123. The van der Waals surface area contributed by atoms with Crippen molar-refractivity contribution in [1.29, 1.82) is 0 Å². The van der Waals surface area contributed by atoms with Crippen molar-refractivity contribution in [1.82, 2.24) is 30.0 Å². The van der Waals surface area contributed by atoms with Gasteiger partial charge < -0.3 is 5.32 Å². The fourth-order valence-electron chi connectivity index (χ4n) is 2.64. The molecule has 1 aromatic carbocycles. The van der Waals surface area contributed by atoms with Crippen molar-refractivity contribution in [2.24, 2.45) is 0 Å². The van der Waals surface area contributed by atoms with Gasteiger partial charge in [-0.05, 0) is 57.2 Å². The van der Waals surface area contributed by atoms with Crippen molar-refractivity contribution in [3.8, 4) is 5.69 Å². The van der Waals surface area contributed by atoms with Crippen LogP contribution in [-0.2, 0) is 10.3 Å². The van der Waals surface area contributed by atoms with Crippen LogP contribution in [-0.4, -0.2) is 41.6 Å². The molecule has 1 amide bonds. The number of aromatic nitrogens is 6. The van der Waals surface area contributed by atoms with Gasteiger partial charge in [0.05, 0.1) is 34.1 Å². The van der Waals surface area contributed by atoms with Gasteiger partial charge in [0, 0.05) is 0 Å². The molecule has 1 N–H and O–H groups in total. The van der Waals surface area contributed by atoms with Crippen LogP contribution in [0, 0.1) is 13.8 Å². The van der Waals surface area contributed by atoms with Crippen molar-refractivity contribution in [2.45, 2.75) is 45.3 Å². The fraction of sp³-hybridized carbons (Fsp3) is 0.389. The van der Waals surface area contributed by atoms with E-state index in [1.165, 1.54) is 11.8 Å². The van der Waals surface area contributed by atoms with Gasteiger partial charge in [-0.15, -0.1) is 5.10 Å². The lowest BCUT2D eigenvalue weighted by Gasteiger charge is -2.19. The first-order valence-corrected chi connectivity index (χ1v) is 9.59. The molecule has 2 aromatic heterocycles. The molecule has 0 radical (unpaired) electrons. The second kappa shape index (κ2) is 7.51. The molecule has 3 rings (SSSR count). The normalized spacial score (nSPS) is 11.6. The highest BCUT2D eigenvalue weighted by Gasteiger charge is 2.21. The second-order valence-corrected chi connectivity index (χ2v) is 8.12. The maximum Gasteiger partial charge on any atom is 0.234 e. The van der Waals surface area contributed by atoms with Gasteiger partial charge in [-0.3, -0.25) is 4.79 Å². The smallest absolute Gasteiger partial charge is 0.234 e. The zero-order valence-electron chi connectivity index (χ0n) is 16.1. The Morgan fingerprint density at radius 2 is 1.89 bits per heavy atom. The molecule has 0 atom stereocenters. The number of thioether (sulfide) groups is 1. The molecule has 0 aliphatic carbocycles. The summed E-state index contributed by atoms with van der Waals surface area (Å²) in [6, 6.07) is 9.83. The third-order valence-corrected chi connectivity index (χ3v) is 4.88. The predicted molar refractivity (Wildman–Crippen MR) is 105 cm³/mol. The van der Waals surface area contributed by atoms with E-state index in [4.69, 9.17) is 0 Å². The summed E-state index contributed by atoms with van der Waals surface area (Å²) in [4.78, 5) is 12.5. The van der Waals surface area contributed by atoms with Gasteiger partial charge in [0.25, 0.3) is 0 Å². The molecule has 0 aliphatic rings. The van der Waals surface area contributed by atoms with Crippen LogP contribution in [0.1, 0.15) is 32.2 Å². The number of para-hydroxylation sites is 1. The number of nitrogens with one attached hydrogen (secondary N) is 1. The van der Waals surface area contributed by atoms with Gasteiger partial charge in [-0.25, -0.2) is 9.36 Å². The number of aryl methyl sites for hydroxylation is 1. The van der Waals surface area contributed by atoms with Crippen LogP contribution in [0.15, 0.2) is 35.5 Å². The van der Waals surface area contributed by atoms with E-state index in [1.54, 1.807) is 4.68 Å². The summed E-state index contributed by atoms with van der Waals surface area (Å²) in [6.07, 6.45) is 0. The van der Waals surface area contributed by atoms with E-state index in [0.29, 0.717) is 5.16 Å². The maximum atomic E-state index is 12.5. The highest BCUT2D eigenvalue weighted by Crippen LogP contribution is 2.24. The fourth-order valence-corrected chi connectivity index (χ4v) is 3.50. The molecule has 2 heterocycles. The highest BCUT2D eigenvalue weighted by atomic mass is 32.2. The molecule has 0 bridgehead atoms. The molecular formula is C18H23N7OS. The lowest BCUT2D eigenvalue weighted by Crippen LogP contribution is -2.24. The van der Waals surface area contributed by atoms with Crippen molar-refractivity contribution in [3.05, 3.63) is 41.7 Å². The quantitative estimate of drug-likeness (QED) is 0.679. The molecule has 0 aliphatic heterocycles. The van der Waals surface area contributed by atoms with Gasteiger partial charge in [-0.1, -0.05) is 30.0 Å². The van der Waals surface area contributed by atoms with E-state index < -0.39 is 0 Å². The third kappa shape index (κ3) is 4.19. The van der Waals surface area contributed by atoms with Crippen LogP contribution in [0.5, 0.6) is 0 Å². The maximum absolute atomic E-state index is 12.5. The van der Waals surface area contributed by atoms with Gasteiger partial charge in [0.1, 0.15) is 0 Å². The number of rotatable bonds is 5. The third-order valence-electron chi connectivity index (χ3n) is 3.97. The SMILES string of the molecule is Cc1nn(-c2ccccc2)c(C)c1NC(=O)CSc1nnnn1C(C)(C)C. The standard InChI is InChI=1S/C18H23N7OS/c1-12-16(13(2)24(21-12)14-9-7-6-8-10-14)19-15(26)11-27-17-20-22-23-25(17)18(3,4)5/h6-10H,11H2,1-5H3,(H,19,26). The number of anilines is 1. The molecule has 0 saturated heterocycles. The van der Waals surface area contributed by atoms with E-state index in [2.05, 4.69) is 25.9 Å². The first-order valence-electron chi connectivity index (χ1n) is 8.60. The van der Waals surface area contributed by atoms with Crippen LogP contribution in [0.25, 0.3) is 5.69 Å². The summed E-state index contributed by atoms with van der Waals surface area (Å²) in [5.74, 6) is 0.0912. The number of nitrogens with zero attached hydrogens (tertiary/aromatic N) is 6. The number of tetrazole rings is 1. The number of benzene rings is 1. The number of hydrogen-bond donors (Lipinski definition) is 1. The molecule has 8 nitrogen and oxygen atoms in total. The van der Waals surface area contributed by atoms with Crippen molar-refractivity contribution in [3.63, 3.8) is 0 Å². The van der Waals surface area contributed by atoms with E-state index >= 15 is 0 Å². The van der Waals surface area contributed by atoms with Gasteiger partial charge in [-0.2, -0.15) is 5.10 Å². The summed E-state index contributed by atoms with van der Waals surface area (Å²) in [5, 5.41) is 19.9. The first kappa shape index (κ1) is 19.1. The molecule has 142 valence electrons. The minimum Gasteiger partial charge on any atom is -0.322 e. The zero-order valence-corrected chi connectivity index (χ0v) is 16.9. The molecule has 9 heteroatoms. The van der Waals surface area contributed by atoms with Crippen LogP contribution in [0.2, 0.25) is 0 Å². The Morgan fingerprint density at radius 1 is 1.19 bits per heavy atom. The summed E-state index contributed by atoms with van der Waals surface area (Å²) in [7, 11) is 0. The predicted octanol–water partition coefficient (Wildman–Crippen LogP) is 2.96. The van der Waals surface area contributed by atoms with Crippen LogP contribution < -0.4 is 5.32 Å². The largest absolute Gasteiger partial charge is 0.322 e. The molecule has 0 spiro atoms. The Labute approximate surface area is 162 Å². The lowest BCUT2D eigenvalue weighted by atomic mass is 10.1. The van der Waals surface area contributed by atoms with Crippen molar-refractivity contribution >= 4 is 23.4 Å². The van der Waals surface area contributed by atoms with Crippen LogP contribution >= 0.6 is 11.8 Å². The second-order valence-electron chi connectivity index (χ2n) is 7.17. The molecule has 3 aromatic rings. The Kier molecular flexibility index (Phi) is 5.31. The average molecular weight is 385 g/mol. The number of amides is 1. The summed E-state index contributed by atoms with van der Waals surface area (Å²) in [5.41, 5.74) is 3.11. The molecule has 0 saturated carbocycles. The number of hydrogen-bond acceptors (Lipinski definition) is 6.